The lowest BCUT2D eigenvalue weighted by Gasteiger charge is -2.33. The standard InChI is InChI=1S/C16H24N4O2/c1-11(2)14-5-7-19(8-6-14)16-17-9-15(10-18-16)20(12(3)21)13(4)22/h9-11,14H,5-8H2,1-4H3. The molecule has 0 radical (unpaired) electrons. The monoisotopic (exact) mass is 304 g/mol. The summed E-state index contributed by atoms with van der Waals surface area (Å²) in [5.41, 5.74) is 0.417. The van der Waals surface area contributed by atoms with Crippen LogP contribution in [0.4, 0.5) is 11.6 Å². The van der Waals surface area contributed by atoms with E-state index >= 15 is 0 Å². The average Bonchev–Trinajstić information content (AvgIpc) is 2.47. The highest BCUT2D eigenvalue weighted by Gasteiger charge is 2.23. The van der Waals surface area contributed by atoms with Crippen LogP contribution in [-0.2, 0) is 9.59 Å². The van der Waals surface area contributed by atoms with Gasteiger partial charge in [-0.1, -0.05) is 13.8 Å². The Morgan fingerprint density at radius 3 is 2.05 bits per heavy atom. The second-order valence-corrected chi connectivity index (χ2v) is 6.18. The first-order chi connectivity index (χ1) is 10.4. The second kappa shape index (κ2) is 6.85. The maximum atomic E-state index is 11.5. The number of hydrogen-bond donors (Lipinski definition) is 0. The van der Waals surface area contributed by atoms with E-state index in [0.717, 1.165) is 36.7 Å². The van der Waals surface area contributed by atoms with E-state index in [2.05, 4.69) is 28.7 Å². The molecule has 1 aliphatic heterocycles. The van der Waals surface area contributed by atoms with Gasteiger partial charge in [0, 0.05) is 26.9 Å². The van der Waals surface area contributed by atoms with Crippen molar-refractivity contribution in [2.24, 2.45) is 11.8 Å². The normalized spacial score (nSPS) is 16.0. The number of carbonyl (C=O) groups is 2. The summed E-state index contributed by atoms with van der Waals surface area (Å²) >= 11 is 0. The molecule has 1 aromatic heterocycles. The number of rotatable bonds is 3. The first-order valence-corrected chi connectivity index (χ1v) is 7.78. The molecule has 0 saturated carbocycles. The van der Waals surface area contributed by atoms with Gasteiger partial charge in [0.15, 0.2) is 0 Å². The minimum absolute atomic E-state index is 0.332. The maximum Gasteiger partial charge on any atom is 0.230 e. The minimum atomic E-state index is -0.332. The van der Waals surface area contributed by atoms with Crippen molar-refractivity contribution in [1.82, 2.24) is 9.97 Å². The van der Waals surface area contributed by atoms with Gasteiger partial charge in [-0.2, -0.15) is 0 Å². The van der Waals surface area contributed by atoms with Crippen molar-refractivity contribution < 1.29 is 9.59 Å². The molecule has 1 saturated heterocycles. The summed E-state index contributed by atoms with van der Waals surface area (Å²) in [5.74, 6) is 1.48. The van der Waals surface area contributed by atoms with E-state index in [1.165, 1.54) is 13.8 Å². The molecule has 120 valence electrons. The Kier molecular flexibility index (Phi) is 5.11. The number of piperidine rings is 1. The molecule has 0 spiro atoms. The molecule has 0 atom stereocenters. The molecule has 6 heteroatoms. The van der Waals surface area contributed by atoms with E-state index in [1.807, 2.05) is 0 Å². The van der Waals surface area contributed by atoms with Gasteiger partial charge in [0.25, 0.3) is 0 Å². The topological polar surface area (TPSA) is 66.4 Å². The molecule has 0 aromatic carbocycles. The lowest BCUT2D eigenvalue weighted by atomic mass is 9.87. The van der Waals surface area contributed by atoms with Crippen LogP contribution in [0.3, 0.4) is 0 Å². The Morgan fingerprint density at radius 1 is 1.14 bits per heavy atom. The largest absolute Gasteiger partial charge is 0.341 e. The molecule has 2 amide bonds. The van der Waals surface area contributed by atoms with Gasteiger partial charge in [0.05, 0.1) is 18.1 Å². The van der Waals surface area contributed by atoms with Crippen LogP contribution >= 0.6 is 0 Å². The Labute approximate surface area is 131 Å². The van der Waals surface area contributed by atoms with Gasteiger partial charge in [0.2, 0.25) is 17.8 Å². The van der Waals surface area contributed by atoms with Crippen molar-refractivity contribution in [3.8, 4) is 0 Å². The molecule has 2 rings (SSSR count). The number of nitrogens with zero attached hydrogens (tertiary/aromatic N) is 4. The maximum absolute atomic E-state index is 11.5. The summed E-state index contributed by atoms with van der Waals surface area (Å²) in [5, 5.41) is 0. The Balaban J connectivity index is 2.06. The zero-order valence-electron chi connectivity index (χ0n) is 13.7. The van der Waals surface area contributed by atoms with Crippen LogP contribution in [0.1, 0.15) is 40.5 Å². The number of hydrogen-bond acceptors (Lipinski definition) is 5. The highest BCUT2D eigenvalue weighted by molar-refractivity contribution is 6.12. The van der Waals surface area contributed by atoms with Crippen LogP contribution in [0.15, 0.2) is 12.4 Å². The molecular weight excluding hydrogens is 280 g/mol. The molecule has 0 aliphatic carbocycles. The number of amides is 2. The van der Waals surface area contributed by atoms with Crippen molar-refractivity contribution in [2.75, 3.05) is 22.9 Å². The summed E-state index contributed by atoms with van der Waals surface area (Å²) in [6, 6.07) is 0. The van der Waals surface area contributed by atoms with Crippen molar-refractivity contribution in [2.45, 2.75) is 40.5 Å². The number of aromatic nitrogens is 2. The first kappa shape index (κ1) is 16.4. The summed E-state index contributed by atoms with van der Waals surface area (Å²) < 4.78 is 0. The average molecular weight is 304 g/mol. The number of carbonyl (C=O) groups excluding carboxylic acids is 2. The Bertz CT molecular complexity index is 520. The highest BCUT2D eigenvalue weighted by atomic mass is 16.2. The lowest BCUT2D eigenvalue weighted by molar-refractivity contribution is -0.124. The van der Waals surface area contributed by atoms with Crippen LogP contribution in [-0.4, -0.2) is 34.9 Å². The molecule has 1 fully saturated rings. The Morgan fingerprint density at radius 2 is 1.64 bits per heavy atom. The second-order valence-electron chi connectivity index (χ2n) is 6.18. The van der Waals surface area contributed by atoms with Gasteiger partial charge in [-0.3, -0.25) is 9.59 Å². The smallest absolute Gasteiger partial charge is 0.230 e. The molecule has 0 unspecified atom stereocenters. The van der Waals surface area contributed by atoms with Crippen LogP contribution < -0.4 is 9.80 Å². The fourth-order valence-corrected chi connectivity index (χ4v) is 2.94. The van der Waals surface area contributed by atoms with Crippen LogP contribution in [0.25, 0.3) is 0 Å². The molecule has 22 heavy (non-hydrogen) atoms. The van der Waals surface area contributed by atoms with E-state index in [9.17, 15) is 9.59 Å². The summed E-state index contributed by atoms with van der Waals surface area (Å²) in [4.78, 5) is 34.9. The summed E-state index contributed by atoms with van der Waals surface area (Å²) in [6.07, 6.45) is 5.38. The quantitative estimate of drug-likeness (QED) is 0.857. The first-order valence-electron chi connectivity index (χ1n) is 7.78. The molecular formula is C16H24N4O2. The van der Waals surface area contributed by atoms with Crippen molar-refractivity contribution in [3.63, 3.8) is 0 Å². The lowest BCUT2D eigenvalue weighted by Crippen LogP contribution is -2.37. The third-order valence-electron chi connectivity index (χ3n) is 4.28. The van der Waals surface area contributed by atoms with E-state index in [-0.39, 0.29) is 11.8 Å². The van der Waals surface area contributed by atoms with Gasteiger partial charge in [-0.05, 0) is 24.7 Å². The van der Waals surface area contributed by atoms with E-state index < -0.39 is 0 Å². The fraction of sp³-hybridized carbons (Fsp3) is 0.625. The molecule has 6 nitrogen and oxygen atoms in total. The van der Waals surface area contributed by atoms with E-state index in [4.69, 9.17) is 0 Å². The zero-order valence-corrected chi connectivity index (χ0v) is 13.7. The zero-order chi connectivity index (χ0) is 16.3. The number of anilines is 2. The SMILES string of the molecule is CC(=O)N(C(C)=O)c1cnc(N2CCC(C(C)C)CC2)nc1. The fourth-order valence-electron chi connectivity index (χ4n) is 2.94. The van der Waals surface area contributed by atoms with Crippen LogP contribution in [0, 0.1) is 11.8 Å². The van der Waals surface area contributed by atoms with Crippen LogP contribution in [0.5, 0.6) is 0 Å². The third kappa shape index (κ3) is 3.61. The molecule has 0 bridgehead atoms. The van der Waals surface area contributed by atoms with Gasteiger partial charge in [-0.15, -0.1) is 0 Å². The minimum Gasteiger partial charge on any atom is -0.341 e. The molecule has 1 aliphatic rings. The molecule has 2 heterocycles. The number of imide groups is 1. The van der Waals surface area contributed by atoms with Gasteiger partial charge >= 0.3 is 0 Å². The van der Waals surface area contributed by atoms with Gasteiger partial charge in [-0.25, -0.2) is 14.9 Å². The van der Waals surface area contributed by atoms with Gasteiger partial charge < -0.3 is 4.90 Å². The predicted molar refractivity (Wildman–Crippen MR) is 85.6 cm³/mol. The summed E-state index contributed by atoms with van der Waals surface area (Å²) in [6.45, 7) is 9.14. The van der Waals surface area contributed by atoms with Crippen molar-refractivity contribution in [3.05, 3.63) is 12.4 Å². The highest BCUT2D eigenvalue weighted by Crippen LogP contribution is 2.26. The van der Waals surface area contributed by atoms with E-state index in [0.29, 0.717) is 17.6 Å². The van der Waals surface area contributed by atoms with Crippen molar-refractivity contribution >= 4 is 23.5 Å². The van der Waals surface area contributed by atoms with Gasteiger partial charge in [0.1, 0.15) is 0 Å². The molecule has 0 N–H and O–H groups in total. The third-order valence-corrected chi connectivity index (χ3v) is 4.28. The van der Waals surface area contributed by atoms with E-state index in [1.54, 1.807) is 12.4 Å². The summed E-state index contributed by atoms with van der Waals surface area (Å²) in [7, 11) is 0. The van der Waals surface area contributed by atoms with Crippen LogP contribution in [0.2, 0.25) is 0 Å². The van der Waals surface area contributed by atoms with Crippen molar-refractivity contribution in [1.29, 1.82) is 0 Å². The molecule has 1 aromatic rings. The predicted octanol–water partition coefficient (Wildman–Crippen LogP) is 2.25. The Hall–Kier alpha value is -1.98.